The van der Waals surface area contributed by atoms with Crippen LogP contribution in [0.4, 0.5) is 0 Å². The number of nitrogens with zero attached hydrogens (tertiary/aromatic N) is 3. The number of hydrogen-bond acceptors (Lipinski definition) is 3. The summed E-state index contributed by atoms with van der Waals surface area (Å²) in [6.45, 7) is 0. The van der Waals surface area contributed by atoms with E-state index in [2.05, 4.69) is 10.1 Å². The summed E-state index contributed by atoms with van der Waals surface area (Å²) in [7, 11) is 0. The van der Waals surface area contributed by atoms with Gasteiger partial charge in [-0.3, -0.25) is 4.98 Å². The Kier molecular flexibility index (Phi) is 3.19. The maximum Gasteiger partial charge on any atom is 0.0903 e. The molecular formula is C14H12ClN3O. The van der Waals surface area contributed by atoms with Crippen LogP contribution in [0.3, 0.4) is 0 Å². The second kappa shape index (κ2) is 4.99. The average Bonchev–Trinajstić information content (AvgIpc) is 2.85. The zero-order valence-corrected chi connectivity index (χ0v) is 10.8. The van der Waals surface area contributed by atoms with Crippen LogP contribution < -0.4 is 0 Å². The molecule has 1 atom stereocenters. The van der Waals surface area contributed by atoms with E-state index in [1.54, 1.807) is 29.3 Å². The number of benzene rings is 1. The third kappa shape index (κ3) is 2.32. The highest BCUT2D eigenvalue weighted by molar-refractivity contribution is 6.31. The van der Waals surface area contributed by atoms with Crippen molar-refractivity contribution in [2.75, 3.05) is 0 Å². The molecule has 0 aliphatic carbocycles. The molecule has 5 heteroatoms. The highest BCUT2D eigenvalue weighted by atomic mass is 35.5. The Bertz CT molecular complexity index is 710. The highest BCUT2D eigenvalue weighted by Crippen LogP contribution is 2.25. The monoisotopic (exact) mass is 273 g/mol. The summed E-state index contributed by atoms with van der Waals surface area (Å²) in [5, 5.41) is 15.2. The largest absolute Gasteiger partial charge is 0.388 e. The Morgan fingerprint density at radius 2 is 2.11 bits per heavy atom. The van der Waals surface area contributed by atoms with Crippen molar-refractivity contribution in [2.45, 2.75) is 12.5 Å². The molecule has 0 amide bonds. The van der Waals surface area contributed by atoms with Crippen LogP contribution >= 0.6 is 11.6 Å². The molecule has 2 heterocycles. The lowest BCUT2D eigenvalue weighted by Crippen LogP contribution is -2.02. The maximum atomic E-state index is 10.3. The predicted octanol–water partition coefficient (Wildman–Crippen LogP) is 2.66. The molecule has 3 aromatic rings. The molecule has 1 unspecified atom stereocenters. The van der Waals surface area contributed by atoms with Crippen LogP contribution in [0.25, 0.3) is 5.52 Å². The van der Waals surface area contributed by atoms with Crippen molar-refractivity contribution in [2.24, 2.45) is 0 Å². The van der Waals surface area contributed by atoms with E-state index in [-0.39, 0.29) is 0 Å². The lowest BCUT2D eigenvalue weighted by molar-refractivity contribution is 0.180. The van der Waals surface area contributed by atoms with Crippen LogP contribution in [-0.4, -0.2) is 19.7 Å². The number of aromatic nitrogens is 3. The number of halogens is 1. The number of hydrogen-bond donors (Lipinski definition) is 1. The predicted molar refractivity (Wildman–Crippen MR) is 73.1 cm³/mol. The molecule has 4 nitrogen and oxygen atoms in total. The van der Waals surface area contributed by atoms with Gasteiger partial charge in [0.1, 0.15) is 0 Å². The fourth-order valence-corrected chi connectivity index (χ4v) is 2.30. The van der Waals surface area contributed by atoms with Gasteiger partial charge >= 0.3 is 0 Å². The number of fused-ring (bicyclic) bond motifs is 1. The van der Waals surface area contributed by atoms with E-state index < -0.39 is 6.10 Å². The Hall–Kier alpha value is -1.91. The molecule has 1 aromatic carbocycles. The van der Waals surface area contributed by atoms with Gasteiger partial charge in [0.2, 0.25) is 0 Å². The van der Waals surface area contributed by atoms with Crippen LogP contribution in [0.1, 0.15) is 17.2 Å². The van der Waals surface area contributed by atoms with E-state index >= 15 is 0 Å². The van der Waals surface area contributed by atoms with E-state index in [0.717, 1.165) is 16.6 Å². The number of aliphatic hydroxyl groups excluding tert-OH is 1. The summed E-state index contributed by atoms with van der Waals surface area (Å²) in [6, 6.07) is 7.51. The Morgan fingerprint density at radius 3 is 2.95 bits per heavy atom. The van der Waals surface area contributed by atoms with Crippen molar-refractivity contribution < 1.29 is 5.11 Å². The minimum Gasteiger partial charge on any atom is -0.388 e. The van der Waals surface area contributed by atoms with Crippen molar-refractivity contribution in [1.82, 2.24) is 14.6 Å². The molecular weight excluding hydrogens is 262 g/mol. The summed E-state index contributed by atoms with van der Waals surface area (Å²) in [5.74, 6) is 0. The van der Waals surface area contributed by atoms with Crippen molar-refractivity contribution in [3.8, 4) is 0 Å². The zero-order valence-electron chi connectivity index (χ0n) is 10.1. The van der Waals surface area contributed by atoms with Crippen molar-refractivity contribution in [3.63, 3.8) is 0 Å². The molecule has 1 N–H and O–H groups in total. The molecule has 0 aliphatic rings. The maximum absolute atomic E-state index is 10.3. The molecule has 0 saturated carbocycles. The van der Waals surface area contributed by atoms with E-state index in [1.165, 1.54) is 0 Å². The molecule has 2 aromatic heterocycles. The molecule has 0 fully saturated rings. The highest BCUT2D eigenvalue weighted by Gasteiger charge is 2.15. The SMILES string of the molecule is OC(Cc1ccccc1Cl)c1cnn2ccncc12. The Labute approximate surface area is 115 Å². The zero-order chi connectivity index (χ0) is 13.2. The lowest BCUT2D eigenvalue weighted by atomic mass is 10.0. The van der Waals surface area contributed by atoms with Gasteiger partial charge in [0.05, 0.1) is 24.0 Å². The first-order chi connectivity index (χ1) is 9.25. The molecule has 0 spiro atoms. The van der Waals surface area contributed by atoms with E-state index in [0.29, 0.717) is 11.4 Å². The summed E-state index contributed by atoms with van der Waals surface area (Å²) < 4.78 is 1.69. The lowest BCUT2D eigenvalue weighted by Gasteiger charge is -2.10. The second-order valence-electron chi connectivity index (χ2n) is 4.32. The van der Waals surface area contributed by atoms with Gasteiger partial charge in [0, 0.05) is 29.4 Å². The van der Waals surface area contributed by atoms with Crippen molar-refractivity contribution >= 4 is 17.1 Å². The molecule has 0 aliphatic heterocycles. The quantitative estimate of drug-likeness (QED) is 0.798. The molecule has 0 bridgehead atoms. The van der Waals surface area contributed by atoms with Crippen molar-refractivity contribution in [1.29, 1.82) is 0 Å². The van der Waals surface area contributed by atoms with E-state index in [1.807, 2.05) is 24.3 Å². The van der Waals surface area contributed by atoms with Gasteiger partial charge < -0.3 is 5.11 Å². The number of aliphatic hydroxyl groups is 1. The van der Waals surface area contributed by atoms with Gasteiger partial charge in [-0.05, 0) is 11.6 Å². The van der Waals surface area contributed by atoms with Crippen LogP contribution in [0, 0.1) is 0 Å². The normalized spacial score (nSPS) is 12.7. The molecule has 96 valence electrons. The molecule has 0 radical (unpaired) electrons. The first-order valence-corrected chi connectivity index (χ1v) is 6.32. The van der Waals surface area contributed by atoms with Crippen molar-refractivity contribution in [3.05, 3.63) is 65.2 Å². The Balaban J connectivity index is 1.92. The van der Waals surface area contributed by atoms with Crippen LogP contribution in [0.5, 0.6) is 0 Å². The van der Waals surface area contributed by atoms with Crippen LogP contribution in [0.2, 0.25) is 5.02 Å². The summed E-state index contributed by atoms with van der Waals surface area (Å²) in [5.41, 5.74) is 2.48. The first kappa shape index (κ1) is 12.1. The van der Waals surface area contributed by atoms with Gasteiger partial charge in [-0.15, -0.1) is 0 Å². The standard InChI is InChI=1S/C14H12ClN3O/c15-12-4-2-1-3-10(12)7-14(19)11-8-17-18-6-5-16-9-13(11)18/h1-6,8-9,14,19H,7H2. The minimum atomic E-state index is -0.651. The number of rotatable bonds is 3. The minimum absolute atomic E-state index is 0.454. The average molecular weight is 274 g/mol. The fourth-order valence-electron chi connectivity index (χ4n) is 2.09. The Morgan fingerprint density at radius 1 is 1.26 bits per heavy atom. The fraction of sp³-hybridized carbons (Fsp3) is 0.143. The summed E-state index contributed by atoms with van der Waals surface area (Å²) in [4.78, 5) is 4.05. The first-order valence-electron chi connectivity index (χ1n) is 5.94. The summed E-state index contributed by atoms with van der Waals surface area (Å²) >= 11 is 6.10. The third-order valence-electron chi connectivity index (χ3n) is 3.08. The molecule has 3 rings (SSSR count). The molecule has 0 saturated heterocycles. The second-order valence-corrected chi connectivity index (χ2v) is 4.72. The topological polar surface area (TPSA) is 50.4 Å². The van der Waals surface area contributed by atoms with Gasteiger partial charge in [-0.1, -0.05) is 29.8 Å². The third-order valence-corrected chi connectivity index (χ3v) is 3.45. The van der Waals surface area contributed by atoms with Gasteiger partial charge in [-0.25, -0.2) is 4.52 Å². The van der Waals surface area contributed by atoms with Crippen LogP contribution in [0.15, 0.2) is 49.1 Å². The van der Waals surface area contributed by atoms with E-state index in [9.17, 15) is 5.11 Å². The van der Waals surface area contributed by atoms with Gasteiger partial charge in [0.25, 0.3) is 0 Å². The molecule has 19 heavy (non-hydrogen) atoms. The summed E-state index contributed by atoms with van der Waals surface area (Å²) in [6.07, 6.45) is 6.57. The van der Waals surface area contributed by atoms with Gasteiger partial charge in [-0.2, -0.15) is 5.10 Å². The smallest absolute Gasteiger partial charge is 0.0903 e. The van der Waals surface area contributed by atoms with Crippen LogP contribution in [-0.2, 0) is 6.42 Å². The van der Waals surface area contributed by atoms with Gasteiger partial charge in [0.15, 0.2) is 0 Å². The van der Waals surface area contributed by atoms with E-state index in [4.69, 9.17) is 11.6 Å².